The Morgan fingerprint density at radius 2 is 1.77 bits per heavy atom. The van der Waals surface area contributed by atoms with Gasteiger partial charge >= 0.3 is 0 Å². The standard InChI is InChI=1S/C20H20ClN3O2/c21-17-8-4-5-9-18(17)25-16-10-12-24(13-11-16)14-19-22-20(23-26-19)15-6-2-1-3-7-15/h1-9,16H,10-14H2. The molecule has 0 spiro atoms. The fraction of sp³-hybridized carbons (Fsp3) is 0.300. The van der Waals surface area contributed by atoms with Gasteiger partial charge in [0.1, 0.15) is 11.9 Å². The molecule has 6 heteroatoms. The summed E-state index contributed by atoms with van der Waals surface area (Å²) in [6.45, 7) is 2.52. The smallest absolute Gasteiger partial charge is 0.241 e. The molecular formula is C20H20ClN3O2. The van der Waals surface area contributed by atoms with Crippen LogP contribution in [0.15, 0.2) is 59.1 Å². The first-order chi connectivity index (χ1) is 12.8. The minimum Gasteiger partial charge on any atom is -0.489 e. The molecule has 0 unspecified atom stereocenters. The Bertz CT molecular complexity index is 845. The van der Waals surface area contributed by atoms with E-state index in [1.165, 1.54) is 0 Å². The van der Waals surface area contributed by atoms with Gasteiger partial charge in [-0.1, -0.05) is 59.2 Å². The van der Waals surface area contributed by atoms with Gasteiger partial charge in [0.15, 0.2) is 0 Å². The topological polar surface area (TPSA) is 51.4 Å². The van der Waals surface area contributed by atoms with Crippen molar-refractivity contribution in [1.29, 1.82) is 0 Å². The molecule has 1 saturated heterocycles. The van der Waals surface area contributed by atoms with E-state index in [9.17, 15) is 0 Å². The lowest BCUT2D eigenvalue weighted by Gasteiger charge is -2.31. The minimum absolute atomic E-state index is 0.189. The van der Waals surface area contributed by atoms with Crippen molar-refractivity contribution in [3.63, 3.8) is 0 Å². The molecule has 0 aliphatic carbocycles. The Morgan fingerprint density at radius 3 is 2.54 bits per heavy atom. The molecule has 3 aromatic rings. The molecule has 26 heavy (non-hydrogen) atoms. The first-order valence-corrected chi connectivity index (χ1v) is 9.17. The van der Waals surface area contributed by atoms with Crippen molar-refractivity contribution in [2.75, 3.05) is 13.1 Å². The summed E-state index contributed by atoms with van der Waals surface area (Å²) < 4.78 is 11.4. The van der Waals surface area contributed by atoms with Crippen LogP contribution in [0.1, 0.15) is 18.7 Å². The third kappa shape index (κ3) is 4.06. The molecule has 2 heterocycles. The third-order valence-electron chi connectivity index (χ3n) is 4.52. The van der Waals surface area contributed by atoms with Gasteiger partial charge in [-0.05, 0) is 25.0 Å². The van der Waals surface area contributed by atoms with E-state index in [0.717, 1.165) is 37.2 Å². The van der Waals surface area contributed by atoms with E-state index in [1.54, 1.807) is 0 Å². The molecule has 0 saturated carbocycles. The minimum atomic E-state index is 0.189. The SMILES string of the molecule is Clc1ccccc1OC1CCN(Cc2nc(-c3ccccc3)no2)CC1. The summed E-state index contributed by atoms with van der Waals surface area (Å²) in [6, 6.07) is 17.5. The van der Waals surface area contributed by atoms with Crippen molar-refractivity contribution in [2.45, 2.75) is 25.5 Å². The molecule has 0 atom stereocenters. The quantitative estimate of drug-likeness (QED) is 0.665. The van der Waals surface area contributed by atoms with Crippen molar-refractivity contribution < 1.29 is 9.26 Å². The van der Waals surface area contributed by atoms with Crippen molar-refractivity contribution in [1.82, 2.24) is 15.0 Å². The Labute approximate surface area is 157 Å². The monoisotopic (exact) mass is 369 g/mol. The summed E-state index contributed by atoms with van der Waals surface area (Å²) >= 11 is 6.17. The first kappa shape index (κ1) is 17.1. The normalized spacial score (nSPS) is 15.9. The summed E-state index contributed by atoms with van der Waals surface area (Å²) in [4.78, 5) is 6.82. The summed E-state index contributed by atoms with van der Waals surface area (Å²) in [5.74, 6) is 2.05. The second-order valence-electron chi connectivity index (χ2n) is 6.40. The molecule has 0 bridgehead atoms. The number of halogens is 1. The fourth-order valence-corrected chi connectivity index (χ4v) is 3.30. The van der Waals surface area contributed by atoms with E-state index in [4.69, 9.17) is 20.9 Å². The second-order valence-corrected chi connectivity index (χ2v) is 6.81. The Balaban J connectivity index is 1.30. The van der Waals surface area contributed by atoms with Gasteiger partial charge in [-0.25, -0.2) is 0 Å². The maximum absolute atomic E-state index is 6.17. The van der Waals surface area contributed by atoms with Crippen LogP contribution in [-0.2, 0) is 6.54 Å². The Kier molecular flexibility index (Phi) is 5.18. The van der Waals surface area contributed by atoms with E-state index in [-0.39, 0.29) is 6.10 Å². The molecular weight excluding hydrogens is 350 g/mol. The van der Waals surface area contributed by atoms with Crippen molar-refractivity contribution >= 4 is 11.6 Å². The number of para-hydroxylation sites is 1. The molecule has 0 N–H and O–H groups in total. The molecule has 1 fully saturated rings. The van der Waals surface area contributed by atoms with Crippen LogP contribution < -0.4 is 4.74 Å². The molecule has 2 aromatic carbocycles. The highest BCUT2D eigenvalue weighted by Crippen LogP contribution is 2.27. The van der Waals surface area contributed by atoms with Crippen molar-refractivity contribution in [2.24, 2.45) is 0 Å². The highest BCUT2D eigenvalue weighted by molar-refractivity contribution is 6.32. The van der Waals surface area contributed by atoms with E-state index in [1.807, 2.05) is 54.6 Å². The number of nitrogens with zero attached hydrogens (tertiary/aromatic N) is 3. The average molecular weight is 370 g/mol. The molecule has 1 aliphatic rings. The predicted octanol–water partition coefficient (Wildman–Crippen LogP) is 4.43. The van der Waals surface area contributed by atoms with Crippen LogP contribution in [0.3, 0.4) is 0 Å². The van der Waals surface area contributed by atoms with Gasteiger partial charge < -0.3 is 9.26 Å². The van der Waals surface area contributed by atoms with Gasteiger partial charge in [0.05, 0.1) is 11.6 Å². The molecule has 1 aromatic heterocycles. The van der Waals surface area contributed by atoms with Gasteiger partial charge in [0, 0.05) is 18.7 Å². The molecule has 4 rings (SSSR count). The van der Waals surface area contributed by atoms with E-state index in [0.29, 0.717) is 23.3 Å². The van der Waals surface area contributed by atoms with E-state index < -0.39 is 0 Å². The van der Waals surface area contributed by atoms with Crippen LogP contribution in [0.4, 0.5) is 0 Å². The zero-order valence-electron chi connectivity index (χ0n) is 14.3. The van der Waals surface area contributed by atoms with Crippen LogP contribution in [0.25, 0.3) is 11.4 Å². The zero-order chi connectivity index (χ0) is 17.8. The maximum atomic E-state index is 6.17. The Hall–Kier alpha value is -2.37. The highest BCUT2D eigenvalue weighted by atomic mass is 35.5. The first-order valence-electron chi connectivity index (χ1n) is 8.79. The Morgan fingerprint density at radius 1 is 1.04 bits per heavy atom. The van der Waals surface area contributed by atoms with E-state index >= 15 is 0 Å². The van der Waals surface area contributed by atoms with Crippen LogP contribution in [0.5, 0.6) is 5.75 Å². The van der Waals surface area contributed by atoms with Gasteiger partial charge in [-0.2, -0.15) is 4.98 Å². The third-order valence-corrected chi connectivity index (χ3v) is 4.84. The van der Waals surface area contributed by atoms with Crippen LogP contribution in [-0.4, -0.2) is 34.2 Å². The van der Waals surface area contributed by atoms with Gasteiger partial charge in [-0.15, -0.1) is 0 Å². The molecule has 134 valence electrons. The van der Waals surface area contributed by atoms with Crippen molar-refractivity contribution in [3.8, 4) is 17.1 Å². The van der Waals surface area contributed by atoms with Gasteiger partial charge in [0.2, 0.25) is 11.7 Å². The van der Waals surface area contributed by atoms with Crippen LogP contribution in [0, 0.1) is 0 Å². The number of rotatable bonds is 5. The second kappa shape index (κ2) is 7.89. The average Bonchev–Trinajstić information content (AvgIpc) is 3.14. The lowest BCUT2D eigenvalue weighted by Crippen LogP contribution is -2.37. The summed E-state index contributed by atoms with van der Waals surface area (Å²) in [6.07, 6.45) is 2.09. The zero-order valence-corrected chi connectivity index (χ0v) is 15.1. The summed E-state index contributed by atoms with van der Waals surface area (Å²) in [5, 5.41) is 4.74. The number of hydrogen-bond acceptors (Lipinski definition) is 5. The molecule has 0 amide bonds. The molecule has 0 radical (unpaired) electrons. The number of benzene rings is 2. The van der Waals surface area contributed by atoms with Crippen LogP contribution >= 0.6 is 11.6 Å². The molecule has 5 nitrogen and oxygen atoms in total. The lowest BCUT2D eigenvalue weighted by atomic mass is 10.1. The summed E-state index contributed by atoms with van der Waals surface area (Å²) in [5.41, 5.74) is 0.967. The molecule has 1 aliphatic heterocycles. The maximum Gasteiger partial charge on any atom is 0.241 e. The van der Waals surface area contributed by atoms with Crippen LogP contribution in [0.2, 0.25) is 5.02 Å². The van der Waals surface area contributed by atoms with Crippen molar-refractivity contribution in [3.05, 3.63) is 65.5 Å². The largest absolute Gasteiger partial charge is 0.489 e. The number of hydrogen-bond donors (Lipinski definition) is 0. The van der Waals surface area contributed by atoms with Gasteiger partial charge in [0.25, 0.3) is 0 Å². The van der Waals surface area contributed by atoms with E-state index in [2.05, 4.69) is 15.0 Å². The highest BCUT2D eigenvalue weighted by Gasteiger charge is 2.23. The number of aromatic nitrogens is 2. The fourth-order valence-electron chi connectivity index (χ4n) is 3.12. The number of piperidine rings is 1. The lowest BCUT2D eigenvalue weighted by molar-refractivity contribution is 0.0905. The summed E-state index contributed by atoms with van der Waals surface area (Å²) in [7, 11) is 0. The predicted molar refractivity (Wildman–Crippen MR) is 100 cm³/mol. The van der Waals surface area contributed by atoms with Gasteiger partial charge in [-0.3, -0.25) is 4.90 Å². The number of likely N-dealkylation sites (tertiary alicyclic amines) is 1. The number of ether oxygens (including phenoxy) is 1.